The summed E-state index contributed by atoms with van der Waals surface area (Å²) >= 11 is 0. The number of hydrogen-bond acceptors (Lipinski definition) is 6. The maximum absolute atomic E-state index is 10.7. The number of nitro groups is 1. The van der Waals surface area contributed by atoms with E-state index in [4.69, 9.17) is 0 Å². The number of aliphatic hydroxyl groups excluding tert-OH is 2. The van der Waals surface area contributed by atoms with Crippen molar-refractivity contribution in [1.29, 1.82) is 0 Å². The van der Waals surface area contributed by atoms with Crippen LogP contribution in [0, 0.1) is 10.1 Å². The van der Waals surface area contributed by atoms with Gasteiger partial charge < -0.3 is 15.5 Å². The third kappa shape index (κ3) is 4.85. The number of aromatic nitrogens is 2. The molecule has 2 rings (SSSR count). The van der Waals surface area contributed by atoms with E-state index in [2.05, 4.69) is 10.4 Å². The first-order valence-electron chi connectivity index (χ1n) is 8.03. The van der Waals surface area contributed by atoms with E-state index in [9.17, 15) is 20.3 Å². The molecule has 0 amide bonds. The first-order chi connectivity index (χ1) is 11.7. The third-order valence-electron chi connectivity index (χ3n) is 3.91. The summed E-state index contributed by atoms with van der Waals surface area (Å²) in [7, 11) is 0. The average Bonchev–Trinajstić information content (AvgIpc) is 3.04. The highest BCUT2D eigenvalue weighted by Crippen LogP contribution is 2.21. The van der Waals surface area contributed by atoms with Gasteiger partial charge in [-0.25, -0.2) is 0 Å². The molecule has 0 aliphatic carbocycles. The molecule has 2 atom stereocenters. The molecule has 2 aromatic rings. The molecule has 3 N–H and O–H groups in total. The highest BCUT2D eigenvalue weighted by Gasteiger charge is 2.21. The van der Waals surface area contributed by atoms with Crippen LogP contribution in [0.5, 0.6) is 0 Å². The molecule has 0 aliphatic heterocycles. The highest BCUT2D eigenvalue weighted by atomic mass is 16.6. The summed E-state index contributed by atoms with van der Waals surface area (Å²) in [4.78, 5) is 10.2. The van der Waals surface area contributed by atoms with Crippen LogP contribution in [-0.4, -0.2) is 37.6 Å². The minimum Gasteiger partial charge on any atom is -0.395 e. The van der Waals surface area contributed by atoms with Crippen molar-refractivity contribution in [1.82, 2.24) is 15.1 Å². The lowest BCUT2D eigenvalue weighted by atomic mass is 10.0. The second kappa shape index (κ2) is 7.73. The summed E-state index contributed by atoms with van der Waals surface area (Å²) in [6, 6.07) is 5.05. The summed E-state index contributed by atoms with van der Waals surface area (Å²) < 4.78 is 1.85. The smallest absolute Gasteiger partial charge is 0.269 e. The summed E-state index contributed by atoms with van der Waals surface area (Å²) in [6.07, 6.45) is 2.67. The van der Waals surface area contributed by atoms with E-state index in [1.807, 2.05) is 31.6 Å². The third-order valence-corrected chi connectivity index (χ3v) is 3.91. The van der Waals surface area contributed by atoms with Crippen LogP contribution < -0.4 is 5.32 Å². The maximum Gasteiger partial charge on any atom is 0.269 e. The predicted molar refractivity (Wildman–Crippen MR) is 93.0 cm³/mol. The zero-order valence-corrected chi connectivity index (χ0v) is 14.6. The topological polar surface area (TPSA) is 113 Å². The molecule has 1 heterocycles. The average molecular weight is 348 g/mol. The van der Waals surface area contributed by atoms with E-state index in [1.165, 1.54) is 24.3 Å². The van der Waals surface area contributed by atoms with Gasteiger partial charge in [0.1, 0.15) is 0 Å². The number of nitrogens with zero attached hydrogens (tertiary/aromatic N) is 3. The molecule has 0 radical (unpaired) electrons. The van der Waals surface area contributed by atoms with Crippen molar-refractivity contribution in [2.24, 2.45) is 0 Å². The molecule has 0 fully saturated rings. The second-order valence-electron chi connectivity index (χ2n) is 6.93. The van der Waals surface area contributed by atoms with Crippen molar-refractivity contribution < 1.29 is 15.1 Å². The van der Waals surface area contributed by atoms with E-state index in [0.717, 1.165) is 5.56 Å². The summed E-state index contributed by atoms with van der Waals surface area (Å²) in [5.74, 6) is 0. The Morgan fingerprint density at radius 1 is 1.32 bits per heavy atom. The number of nitrogens with one attached hydrogen (secondary N) is 1. The maximum atomic E-state index is 10.7. The molecule has 1 aromatic carbocycles. The van der Waals surface area contributed by atoms with Crippen LogP contribution in [0.4, 0.5) is 5.69 Å². The number of hydrogen-bond donors (Lipinski definition) is 3. The van der Waals surface area contributed by atoms with Crippen molar-refractivity contribution in [3.63, 3.8) is 0 Å². The number of rotatable bonds is 7. The lowest BCUT2D eigenvalue weighted by Crippen LogP contribution is -2.37. The first-order valence-corrected chi connectivity index (χ1v) is 8.03. The van der Waals surface area contributed by atoms with Crippen LogP contribution >= 0.6 is 0 Å². The van der Waals surface area contributed by atoms with E-state index in [1.54, 1.807) is 6.20 Å². The van der Waals surface area contributed by atoms with E-state index in [0.29, 0.717) is 12.1 Å². The van der Waals surface area contributed by atoms with Crippen LogP contribution in [0.25, 0.3) is 0 Å². The van der Waals surface area contributed by atoms with Crippen molar-refractivity contribution in [3.8, 4) is 0 Å². The fourth-order valence-corrected chi connectivity index (χ4v) is 2.37. The number of nitro benzene ring substituents is 1. The molecule has 0 spiro atoms. The van der Waals surface area contributed by atoms with Crippen LogP contribution in [0.15, 0.2) is 36.7 Å². The SMILES string of the molecule is CC(C)(C)n1cc(CNC(CO)C(O)c2ccc([N+](=O)[O-])cc2)cn1. The lowest BCUT2D eigenvalue weighted by molar-refractivity contribution is -0.384. The zero-order valence-electron chi connectivity index (χ0n) is 14.6. The van der Waals surface area contributed by atoms with E-state index < -0.39 is 17.1 Å². The fraction of sp³-hybridized carbons (Fsp3) is 0.471. The van der Waals surface area contributed by atoms with Gasteiger partial charge in [-0.3, -0.25) is 14.8 Å². The molecular formula is C17H24N4O4. The second-order valence-corrected chi connectivity index (χ2v) is 6.93. The number of benzene rings is 1. The quantitative estimate of drug-likeness (QED) is 0.519. The van der Waals surface area contributed by atoms with Crippen LogP contribution in [0.3, 0.4) is 0 Å². The van der Waals surface area contributed by atoms with E-state index >= 15 is 0 Å². The molecule has 0 bridgehead atoms. The Balaban J connectivity index is 2.01. The van der Waals surface area contributed by atoms with Gasteiger partial charge in [0.15, 0.2) is 0 Å². The van der Waals surface area contributed by atoms with Gasteiger partial charge in [-0.1, -0.05) is 0 Å². The Labute approximate surface area is 146 Å². The molecule has 2 unspecified atom stereocenters. The lowest BCUT2D eigenvalue weighted by Gasteiger charge is -2.22. The molecule has 0 saturated carbocycles. The Hall–Kier alpha value is -2.29. The Bertz CT molecular complexity index is 706. The molecule has 0 saturated heterocycles. The van der Waals surface area contributed by atoms with Crippen LogP contribution in [0.1, 0.15) is 38.0 Å². The molecular weight excluding hydrogens is 324 g/mol. The standard InChI is InChI=1S/C17H24N4O4/c1-17(2,3)20-10-12(9-19-20)8-18-15(11-22)16(23)13-4-6-14(7-5-13)21(24)25/h4-7,9-10,15-16,18,22-23H,8,11H2,1-3H3. The van der Waals surface area contributed by atoms with E-state index in [-0.39, 0.29) is 17.8 Å². The molecule has 1 aromatic heterocycles. The van der Waals surface area contributed by atoms with Crippen LogP contribution in [-0.2, 0) is 12.1 Å². The van der Waals surface area contributed by atoms with Gasteiger partial charge in [0.2, 0.25) is 0 Å². The zero-order chi connectivity index (χ0) is 18.6. The minimum atomic E-state index is -0.983. The summed E-state index contributed by atoms with van der Waals surface area (Å²) in [6.45, 7) is 6.31. The molecule has 8 nitrogen and oxygen atoms in total. The largest absolute Gasteiger partial charge is 0.395 e. The molecule has 0 aliphatic rings. The van der Waals surface area contributed by atoms with Crippen molar-refractivity contribution in [2.75, 3.05) is 6.61 Å². The van der Waals surface area contributed by atoms with Gasteiger partial charge in [0, 0.05) is 30.4 Å². The van der Waals surface area contributed by atoms with Crippen molar-refractivity contribution in [2.45, 2.75) is 45.0 Å². The van der Waals surface area contributed by atoms with Crippen molar-refractivity contribution in [3.05, 3.63) is 57.9 Å². The normalized spacial score (nSPS) is 14.3. The summed E-state index contributed by atoms with van der Waals surface area (Å²) in [5.41, 5.74) is 1.28. The van der Waals surface area contributed by atoms with Gasteiger partial charge in [-0.2, -0.15) is 5.10 Å². The molecule has 25 heavy (non-hydrogen) atoms. The Morgan fingerprint density at radius 2 is 1.96 bits per heavy atom. The van der Waals surface area contributed by atoms with Gasteiger partial charge in [0.05, 0.1) is 35.4 Å². The Morgan fingerprint density at radius 3 is 2.44 bits per heavy atom. The summed E-state index contributed by atoms with van der Waals surface area (Å²) in [5, 5.41) is 38.1. The van der Waals surface area contributed by atoms with Crippen LogP contribution in [0.2, 0.25) is 0 Å². The van der Waals surface area contributed by atoms with Gasteiger partial charge in [0.25, 0.3) is 5.69 Å². The van der Waals surface area contributed by atoms with Gasteiger partial charge in [-0.15, -0.1) is 0 Å². The van der Waals surface area contributed by atoms with Gasteiger partial charge in [-0.05, 0) is 38.5 Å². The number of non-ortho nitro benzene ring substituents is 1. The first kappa shape index (κ1) is 19.0. The molecule has 136 valence electrons. The highest BCUT2D eigenvalue weighted by molar-refractivity contribution is 5.34. The fourth-order valence-electron chi connectivity index (χ4n) is 2.37. The Kier molecular flexibility index (Phi) is 5.89. The number of aliphatic hydroxyl groups is 2. The predicted octanol–water partition coefficient (Wildman–Crippen LogP) is 1.73. The minimum absolute atomic E-state index is 0.0425. The molecule has 8 heteroatoms. The monoisotopic (exact) mass is 348 g/mol. The van der Waals surface area contributed by atoms with Gasteiger partial charge >= 0.3 is 0 Å². The van der Waals surface area contributed by atoms with Crippen molar-refractivity contribution >= 4 is 5.69 Å².